The molecule has 2 aliphatic rings. The Bertz CT molecular complexity index is 1020. The molecule has 2 aromatic carbocycles. The third kappa shape index (κ3) is 3.96. The zero-order valence-electron chi connectivity index (χ0n) is 17.4. The van der Waals surface area contributed by atoms with Gasteiger partial charge in [-0.05, 0) is 48.6 Å². The minimum atomic E-state index is -3.23. The zero-order valence-corrected chi connectivity index (χ0v) is 18.2. The molecule has 30 heavy (non-hydrogen) atoms. The van der Waals surface area contributed by atoms with Gasteiger partial charge in [-0.1, -0.05) is 24.3 Å². The van der Waals surface area contributed by atoms with E-state index in [-0.39, 0.29) is 17.2 Å². The van der Waals surface area contributed by atoms with Crippen molar-refractivity contribution in [2.45, 2.75) is 36.2 Å². The van der Waals surface area contributed by atoms with Gasteiger partial charge in [-0.25, -0.2) is 8.42 Å². The number of hydrogen-bond donors (Lipinski definition) is 0. The molecule has 2 aliphatic heterocycles. The van der Waals surface area contributed by atoms with E-state index in [0.717, 1.165) is 36.1 Å². The van der Waals surface area contributed by atoms with Crippen LogP contribution >= 0.6 is 0 Å². The first-order chi connectivity index (χ1) is 14.3. The minimum absolute atomic E-state index is 0.0491. The van der Waals surface area contributed by atoms with Gasteiger partial charge in [0, 0.05) is 24.9 Å². The van der Waals surface area contributed by atoms with Crippen LogP contribution in [0.2, 0.25) is 0 Å². The molecule has 0 unspecified atom stereocenters. The van der Waals surface area contributed by atoms with Crippen LogP contribution in [0.3, 0.4) is 0 Å². The van der Waals surface area contributed by atoms with Gasteiger partial charge in [0.05, 0.1) is 25.0 Å². The van der Waals surface area contributed by atoms with Gasteiger partial charge < -0.3 is 14.4 Å². The summed E-state index contributed by atoms with van der Waals surface area (Å²) < 4.78 is 35.1. The van der Waals surface area contributed by atoms with Crippen molar-refractivity contribution in [2.24, 2.45) is 0 Å². The molecule has 0 radical (unpaired) electrons. The van der Waals surface area contributed by atoms with Gasteiger partial charge in [-0.3, -0.25) is 4.79 Å². The summed E-state index contributed by atoms with van der Waals surface area (Å²) in [6.07, 6.45) is 3.79. The van der Waals surface area contributed by atoms with Crippen molar-refractivity contribution in [3.63, 3.8) is 0 Å². The van der Waals surface area contributed by atoms with Crippen LogP contribution in [0.25, 0.3) is 0 Å². The predicted molar refractivity (Wildman–Crippen MR) is 113 cm³/mol. The number of sulfone groups is 1. The Morgan fingerprint density at radius 2 is 1.83 bits per heavy atom. The number of rotatable bonds is 4. The molecule has 1 amide bonds. The SMILES string of the molecule is COc1cccc2c1C1(CCN(C(=O)Cc3ccc(S(C)(=O)=O)cc3)CC1)OCC2. The van der Waals surface area contributed by atoms with Crippen LogP contribution in [0.1, 0.15) is 29.5 Å². The lowest BCUT2D eigenvalue weighted by Gasteiger charge is -2.45. The Morgan fingerprint density at radius 1 is 1.13 bits per heavy atom. The van der Waals surface area contributed by atoms with E-state index in [0.29, 0.717) is 19.7 Å². The fourth-order valence-electron chi connectivity index (χ4n) is 4.55. The number of hydrogen-bond acceptors (Lipinski definition) is 5. The number of fused-ring (bicyclic) bond motifs is 2. The van der Waals surface area contributed by atoms with Crippen LogP contribution in [-0.2, 0) is 37.8 Å². The average Bonchev–Trinajstić information content (AvgIpc) is 2.74. The van der Waals surface area contributed by atoms with Gasteiger partial charge in [-0.2, -0.15) is 0 Å². The highest BCUT2D eigenvalue weighted by molar-refractivity contribution is 7.90. The number of amides is 1. The molecule has 0 atom stereocenters. The minimum Gasteiger partial charge on any atom is -0.496 e. The summed E-state index contributed by atoms with van der Waals surface area (Å²) >= 11 is 0. The lowest BCUT2D eigenvalue weighted by Crippen LogP contribution is -2.48. The molecule has 1 spiro atoms. The van der Waals surface area contributed by atoms with Gasteiger partial charge in [0.25, 0.3) is 0 Å². The standard InChI is InChI=1S/C23H27NO5S/c1-28-20-5-3-4-18-10-15-29-23(22(18)20)11-13-24(14-12-23)21(25)16-17-6-8-19(9-7-17)30(2,26)27/h3-9H,10-16H2,1-2H3. The van der Waals surface area contributed by atoms with E-state index in [1.54, 1.807) is 31.4 Å². The number of likely N-dealkylation sites (tertiary alicyclic amines) is 1. The van der Waals surface area contributed by atoms with Crippen molar-refractivity contribution < 1.29 is 22.7 Å². The van der Waals surface area contributed by atoms with Gasteiger partial charge in [0.1, 0.15) is 11.4 Å². The lowest BCUT2D eigenvalue weighted by molar-refractivity contribution is -0.140. The summed E-state index contributed by atoms with van der Waals surface area (Å²) in [5.74, 6) is 0.908. The number of nitrogens with zero attached hydrogens (tertiary/aromatic N) is 1. The van der Waals surface area contributed by atoms with Crippen LogP contribution in [0.5, 0.6) is 5.75 Å². The second-order valence-corrected chi connectivity index (χ2v) is 10.1. The molecular weight excluding hydrogens is 402 g/mol. The molecule has 7 heteroatoms. The van der Waals surface area contributed by atoms with E-state index in [1.807, 2.05) is 17.0 Å². The first-order valence-corrected chi connectivity index (χ1v) is 12.1. The molecule has 0 bridgehead atoms. The second kappa shape index (κ2) is 8.04. The van der Waals surface area contributed by atoms with E-state index in [2.05, 4.69) is 6.07 Å². The summed E-state index contributed by atoms with van der Waals surface area (Å²) in [5, 5.41) is 0. The predicted octanol–water partition coefficient (Wildman–Crippen LogP) is 2.73. The number of carbonyl (C=O) groups excluding carboxylic acids is 1. The molecular formula is C23H27NO5S. The quantitative estimate of drug-likeness (QED) is 0.747. The number of carbonyl (C=O) groups is 1. The van der Waals surface area contributed by atoms with E-state index in [1.165, 1.54) is 11.8 Å². The molecule has 1 fully saturated rings. The molecule has 0 saturated carbocycles. The summed E-state index contributed by atoms with van der Waals surface area (Å²) in [7, 11) is -1.55. The van der Waals surface area contributed by atoms with Gasteiger partial charge in [0.15, 0.2) is 9.84 Å². The Labute approximate surface area is 177 Å². The maximum atomic E-state index is 12.8. The molecule has 1 saturated heterocycles. The number of ether oxygens (including phenoxy) is 2. The number of piperidine rings is 1. The molecule has 160 valence electrons. The van der Waals surface area contributed by atoms with E-state index >= 15 is 0 Å². The van der Waals surface area contributed by atoms with Gasteiger partial charge in [0.2, 0.25) is 5.91 Å². The number of benzene rings is 2. The first kappa shape index (κ1) is 20.9. The molecule has 4 rings (SSSR count). The summed E-state index contributed by atoms with van der Waals surface area (Å²) in [4.78, 5) is 15.0. The van der Waals surface area contributed by atoms with Crippen molar-refractivity contribution in [2.75, 3.05) is 33.1 Å². The van der Waals surface area contributed by atoms with Crippen LogP contribution in [-0.4, -0.2) is 52.3 Å². The molecule has 0 N–H and O–H groups in total. The van der Waals surface area contributed by atoms with Crippen molar-refractivity contribution in [3.05, 3.63) is 59.2 Å². The Balaban J connectivity index is 1.45. The molecule has 0 aliphatic carbocycles. The maximum Gasteiger partial charge on any atom is 0.226 e. The van der Waals surface area contributed by atoms with Crippen molar-refractivity contribution in [3.8, 4) is 5.75 Å². The van der Waals surface area contributed by atoms with E-state index < -0.39 is 15.4 Å². The molecule has 2 heterocycles. The Hall–Kier alpha value is -2.38. The normalized spacial score (nSPS) is 18.1. The smallest absolute Gasteiger partial charge is 0.226 e. The van der Waals surface area contributed by atoms with Gasteiger partial charge in [-0.15, -0.1) is 0 Å². The summed E-state index contributed by atoms with van der Waals surface area (Å²) in [6.45, 7) is 1.93. The first-order valence-electron chi connectivity index (χ1n) is 10.2. The highest BCUT2D eigenvalue weighted by Crippen LogP contribution is 2.45. The topological polar surface area (TPSA) is 72.9 Å². The fourth-order valence-corrected chi connectivity index (χ4v) is 5.18. The zero-order chi connectivity index (χ0) is 21.4. The Morgan fingerprint density at radius 3 is 2.47 bits per heavy atom. The van der Waals surface area contributed by atoms with Crippen molar-refractivity contribution >= 4 is 15.7 Å². The molecule has 2 aromatic rings. The van der Waals surface area contributed by atoms with Crippen LogP contribution < -0.4 is 4.74 Å². The van der Waals surface area contributed by atoms with Crippen LogP contribution in [0.4, 0.5) is 0 Å². The maximum absolute atomic E-state index is 12.8. The summed E-state index contributed by atoms with van der Waals surface area (Å²) in [5.41, 5.74) is 2.83. The lowest BCUT2D eigenvalue weighted by atomic mass is 9.78. The monoisotopic (exact) mass is 429 g/mol. The second-order valence-electron chi connectivity index (χ2n) is 8.06. The third-order valence-electron chi connectivity index (χ3n) is 6.17. The third-order valence-corrected chi connectivity index (χ3v) is 7.30. The largest absolute Gasteiger partial charge is 0.496 e. The summed E-state index contributed by atoms with van der Waals surface area (Å²) in [6, 6.07) is 12.7. The highest BCUT2D eigenvalue weighted by atomic mass is 32.2. The van der Waals surface area contributed by atoms with E-state index in [9.17, 15) is 13.2 Å². The van der Waals surface area contributed by atoms with E-state index in [4.69, 9.17) is 9.47 Å². The highest BCUT2D eigenvalue weighted by Gasteiger charge is 2.43. The Kier molecular flexibility index (Phi) is 5.59. The van der Waals surface area contributed by atoms with Crippen molar-refractivity contribution in [1.82, 2.24) is 4.90 Å². The van der Waals surface area contributed by atoms with Crippen molar-refractivity contribution in [1.29, 1.82) is 0 Å². The fraction of sp³-hybridized carbons (Fsp3) is 0.435. The molecule has 0 aromatic heterocycles. The van der Waals surface area contributed by atoms with Crippen LogP contribution in [0, 0.1) is 0 Å². The van der Waals surface area contributed by atoms with Gasteiger partial charge >= 0.3 is 0 Å². The average molecular weight is 430 g/mol. The van der Waals surface area contributed by atoms with Crippen LogP contribution in [0.15, 0.2) is 47.4 Å². The number of methoxy groups -OCH3 is 1. The molecule has 6 nitrogen and oxygen atoms in total.